The summed E-state index contributed by atoms with van der Waals surface area (Å²) in [5.41, 5.74) is -4.04. The fraction of sp³-hybridized carbons (Fsp3) is 0.179. The molecular formula is C28H18F3N3O8. The smallest absolute Gasteiger partial charge is 0.416 e. The van der Waals surface area contributed by atoms with Crippen LogP contribution in [0.1, 0.15) is 5.56 Å². The number of carbonyl (C=O) groups excluding carboxylic acids is 2. The monoisotopic (exact) mass is 581 g/mol. The summed E-state index contributed by atoms with van der Waals surface area (Å²) in [5.74, 6) is -2.71. The van der Waals surface area contributed by atoms with E-state index in [1.54, 1.807) is 4.90 Å². The molecule has 0 unspecified atom stereocenters. The van der Waals surface area contributed by atoms with Crippen LogP contribution in [0.2, 0.25) is 0 Å². The highest BCUT2D eigenvalue weighted by Gasteiger charge is 2.32. The second-order valence-corrected chi connectivity index (χ2v) is 9.23. The van der Waals surface area contributed by atoms with Crippen LogP contribution >= 0.6 is 0 Å². The molecule has 4 heterocycles. The van der Waals surface area contributed by atoms with Gasteiger partial charge in [-0.3, -0.25) is 0 Å². The van der Waals surface area contributed by atoms with E-state index in [4.69, 9.17) is 18.3 Å². The number of esters is 2. The van der Waals surface area contributed by atoms with Gasteiger partial charge in [-0.25, -0.2) is 24.2 Å². The lowest BCUT2D eigenvalue weighted by molar-refractivity contribution is -0.137. The van der Waals surface area contributed by atoms with Gasteiger partial charge in [0, 0.05) is 62.1 Å². The minimum Gasteiger partial charge on any atom is -0.419 e. The summed E-state index contributed by atoms with van der Waals surface area (Å²) in [5, 5.41) is 3.04. The van der Waals surface area contributed by atoms with Gasteiger partial charge in [0.1, 0.15) is 0 Å². The van der Waals surface area contributed by atoms with Gasteiger partial charge >= 0.3 is 29.4 Å². The molecule has 0 aliphatic carbocycles. The predicted octanol–water partition coefficient (Wildman–Crippen LogP) is 3.33. The number of halogens is 3. The van der Waals surface area contributed by atoms with Gasteiger partial charge in [0.2, 0.25) is 5.75 Å². The van der Waals surface area contributed by atoms with E-state index in [9.17, 15) is 32.3 Å². The van der Waals surface area contributed by atoms with E-state index in [2.05, 4.69) is 10.3 Å². The molecule has 14 heteroatoms. The van der Waals surface area contributed by atoms with Gasteiger partial charge in [-0.05, 0) is 17.7 Å². The van der Waals surface area contributed by atoms with Crippen molar-refractivity contribution >= 4 is 39.8 Å². The van der Waals surface area contributed by atoms with Crippen molar-refractivity contribution in [1.29, 1.82) is 0 Å². The molecule has 1 saturated heterocycles. The lowest BCUT2D eigenvalue weighted by Crippen LogP contribution is -2.44. The lowest BCUT2D eigenvalue weighted by Gasteiger charge is -2.29. The number of carbonyl (C=O) groups is 2. The number of fused-ring (bicyclic) bond motifs is 3. The Kier molecular flexibility index (Phi) is 6.61. The maximum absolute atomic E-state index is 13.8. The van der Waals surface area contributed by atoms with Crippen LogP contribution in [0.3, 0.4) is 0 Å². The number of alkyl halides is 3. The van der Waals surface area contributed by atoms with Gasteiger partial charge in [0.05, 0.1) is 16.5 Å². The number of benzene rings is 2. The summed E-state index contributed by atoms with van der Waals surface area (Å²) < 4.78 is 63.3. The van der Waals surface area contributed by atoms with Crippen molar-refractivity contribution in [2.75, 3.05) is 31.1 Å². The minimum absolute atomic E-state index is 0.0183. The Hall–Kier alpha value is -5.24. The van der Waals surface area contributed by atoms with E-state index in [-0.39, 0.29) is 39.2 Å². The van der Waals surface area contributed by atoms with Crippen LogP contribution < -0.4 is 30.9 Å². The first-order valence-electron chi connectivity index (χ1n) is 12.5. The van der Waals surface area contributed by atoms with Crippen LogP contribution in [0.5, 0.6) is 11.5 Å². The zero-order chi connectivity index (χ0) is 29.6. The van der Waals surface area contributed by atoms with Crippen LogP contribution in [-0.4, -0.2) is 43.1 Å². The summed E-state index contributed by atoms with van der Waals surface area (Å²) in [6.07, 6.45) is -3.11. The Morgan fingerprint density at radius 2 is 1.50 bits per heavy atom. The van der Waals surface area contributed by atoms with Crippen molar-refractivity contribution in [2.24, 2.45) is 0 Å². The first-order valence-corrected chi connectivity index (χ1v) is 12.5. The van der Waals surface area contributed by atoms with E-state index >= 15 is 0 Å². The third kappa shape index (κ3) is 5.03. The number of piperazine rings is 1. The van der Waals surface area contributed by atoms with Crippen molar-refractivity contribution in [1.82, 2.24) is 10.3 Å². The normalized spacial score (nSPS) is 16.3. The van der Waals surface area contributed by atoms with Gasteiger partial charge in [0.25, 0.3) is 0 Å². The van der Waals surface area contributed by atoms with Crippen molar-refractivity contribution in [3.05, 3.63) is 81.0 Å². The van der Waals surface area contributed by atoms with Crippen molar-refractivity contribution < 1.29 is 41.1 Å². The molecule has 6 rings (SSSR count). The molecule has 0 atom stereocenters. The van der Waals surface area contributed by atoms with E-state index in [1.165, 1.54) is 12.1 Å². The number of rotatable bonds is 2. The average molecular weight is 581 g/mol. The highest BCUT2D eigenvalue weighted by molar-refractivity contribution is 6.15. The Labute approximate surface area is 232 Å². The molecule has 214 valence electrons. The number of pyridine rings is 1. The molecule has 11 nitrogen and oxygen atoms in total. The van der Waals surface area contributed by atoms with Crippen molar-refractivity contribution in [3.63, 3.8) is 0 Å². The Balaban J connectivity index is 1.86. The topological polar surface area (TPSA) is 141 Å². The number of hydrogen-bond donors (Lipinski definition) is 1. The molecule has 42 heavy (non-hydrogen) atoms. The summed E-state index contributed by atoms with van der Waals surface area (Å²) >= 11 is 0. The van der Waals surface area contributed by atoms with Crippen LogP contribution in [0.25, 0.3) is 33.2 Å². The molecule has 0 amide bonds. The molecule has 0 saturated carbocycles. The van der Waals surface area contributed by atoms with E-state index in [1.807, 2.05) is 0 Å². The fourth-order valence-electron chi connectivity index (χ4n) is 4.73. The van der Waals surface area contributed by atoms with Gasteiger partial charge in [-0.1, -0.05) is 12.1 Å². The third-order valence-corrected chi connectivity index (χ3v) is 6.51. The van der Waals surface area contributed by atoms with E-state index in [0.29, 0.717) is 26.2 Å². The van der Waals surface area contributed by atoms with Crippen molar-refractivity contribution in [2.45, 2.75) is 6.18 Å². The fourth-order valence-corrected chi connectivity index (χ4v) is 4.73. The molecule has 2 aromatic heterocycles. The second kappa shape index (κ2) is 10.3. The molecular weight excluding hydrogens is 563 g/mol. The minimum atomic E-state index is -4.73. The third-order valence-electron chi connectivity index (χ3n) is 6.51. The number of aromatic nitrogens is 1. The van der Waals surface area contributed by atoms with Crippen LogP contribution in [0.15, 0.2) is 73.0 Å². The summed E-state index contributed by atoms with van der Waals surface area (Å²) in [4.78, 5) is 56.7. The number of anilines is 1. The van der Waals surface area contributed by atoms with Gasteiger partial charge in [-0.15, -0.1) is 0 Å². The second-order valence-electron chi connectivity index (χ2n) is 9.23. The molecule has 0 radical (unpaired) electrons. The molecule has 2 aliphatic heterocycles. The van der Waals surface area contributed by atoms with Crippen molar-refractivity contribution in [3.8, 4) is 22.6 Å². The predicted molar refractivity (Wildman–Crippen MR) is 141 cm³/mol. The first-order chi connectivity index (χ1) is 20.1. The average Bonchev–Trinajstić information content (AvgIpc) is 2.95. The Bertz CT molecular complexity index is 1960. The molecule has 2 aromatic carbocycles. The highest BCUT2D eigenvalue weighted by Crippen LogP contribution is 2.46. The number of hydrogen-bond acceptors (Lipinski definition) is 11. The Morgan fingerprint density at radius 3 is 2.19 bits per heavy atom. The van der Waals surface area contributed by atoms with Crippen LogP contribution in [-0.2, 0) is 15.8 Å². The molecule has 1 N–H and O–H groups in total. The molecule has 0 spiro atoms. The molecule has 4 aromatic rings. The van der Waals surface area contributed by atoms with Crippen LogP contribution in [0.4, 0.5) is 19.0 Å². The van der Waals surface area contributed by atoms with Gasteiger partial charge < -0.3 is 28.5 Å². The van der Waals surface area contributed by atoms with E-state index < -0.39 is 46.3 Å². The summed E-state index contributed by atoms with van der Waals surface area (Å²) in [7, 11) is 0. The summed E-state index contributed by atoms with van der Waals surface area (Å²) in [6, 6.07) is 6.98. The Morgan fingerprint density at radius 1 is 0.833 bits per heavy atom. The molecule has 2 aliphatic rings. The number of ether oxygens (including phenoxy) is 2. The lowest BCUT2D eigenvalue weighted by atomic mass is 9.97. The van der Waals surface area contributed by atoms with Gasteiger partial charge in [0.15, 0.2) is 22.7 Å². The van der Waals surface area contributed by atoms with Gasteiger partial charge in [-0.2, -0.15) is 13.2 Å². The maximum Gasteiger partial charge on any atom is 0.416 e. The maximum atomic E-state index is 13.8. The first kappa shape index (κ1) is 27.0. The highest BCUT2D eigenvalue weighted by atomic mass is 19.4. The number of nitrogens with zero attached hydrogens (tertiary/aromatic N) is 2. The number of nitrogens with one attached hydrogen (secondary N) is 1. The standard InChI is InChI=1S/C28H18F3N3O8/c29-28(30,31)15-3-1-2-14(12-15)22-23-16-13-17-24(40-19(36)5-4-18(35)39-17)25(23)41-20(37)6-7-21(38)42-26(22)27(33-16)34-10-8-32-9-11-34/h1-7,12-13,32H,8-11H2/b5-4-,7-6?. The largest absolute Gasteiger partial charge is 0.419 e. The summed E-state index contributed by atoms with van der Waals surface area (Å²) in [6.45, 7) is 1.84. The van der Waals surface area contributed by atoms with E-state index in [0.717, 1.165) is 42.5 Å². The zero-order valence-electron chi connectivity index (χ0n) is 21.3. The SMILES string of the molecule is O=C1/C=C\C(=O)Oc2c(cc3nc(N4CCNCC4)c4oc(=O)ccc(=O)oc2c3c4-c2cccc(C(F)(F)F)c2)O1. The zero-order valence-corrected chi connectivity index (χ0v) is 21.3. The molecule has 1 fully saturated rings. The van der Waals surface area contributed by atoms with Crippen LogP contribution in [0, 0.1) is 0 Å². The quantitative estimate of drug-likeness (QED) is 0.275. The molecule has 2 bridgehead atoms.